The van der Waals surface area contributed by atoms with Gasteiger partial charge in [0.2, 0.25) is 0 Å². The fraction of sp³-hybridized carbons (Fsp3) is 0.417. The largest absolute Gasteiger partial charge is 0.321 e. The van der Waals surface area contributed by atoms with Gasteiger partial charge in [-0.25, -0.2) is 0 Å². The second-order valence-corrected chi connectivity index (χ2v) is 4.38. The molecule has 1 aromatic carbocycles. The molecule has 0 atom stereocenters. The van der Waals surface area contributed by atoms with Crippen LogP contribution in [0.5, 0.6) is 0 Å². The molecule has 1 saturated carbocycles. The van der Waals surface area contributed by atoms with Gasteiger partial charge in [0, 0.05) is 29.2 Å². The number of hydrogen-bond acceptors (Lipinski definition) is 2. The third kappa shape index (κ3) is 1.27. The van der Waals surface area contributed by atoms with Gasteiger partial charge in [0.15, 0.2) is 0 Å². The molecule has 0 amide bonds. The molecule has 2 N–H and O–H groups in total. The van der Waals surface area contributed by atoms with Crippen molar-refractivity contribution in [3.8, 4) is 0 Å². The van der Waals surface area contributed by atoms with Crippen LogP contribution in [0, 0.1) is 0 Å². The number of fused-ring (bicyclic) bond motifs is 1. The number of aryl methyl sites for hydroxylation is 1. The molecular formula is C12H15N3. The number of hydrogen-bond donors (Lipinski definition) is 1. The Kier molecular flexibility index (Phi) is 1.68. The van der Waals surface area contributed by atoms with Gasteiger partial charge in [-0.2, -0.15) is 5.10 Å². The van der Waals surface area contributed by atoms with E-state index in [1.54, 1.807) is 0 Å². The van der Waals surface area contributed by atoms with Gasteiger partial charge in [-0.05, 0) is 19.8 Å². The van der Waals surface area contributed by atoms with E-state index in [-0.39, 0.29) is 5.54 Å². The van der Waals surface area contributed by atoms with Crippen molar-refractivity contribution >= 4 is 10.9 Å². The predicted molar refractivity (Wildman–Crippen MR) is 60.5 cm³/mol. The molecule has 0 unspecified atom stereocenters. The first kappa shape index (κ1) is 8.92. The van der Waals surface area contributed by atoms with Crippen LogP contribution in [0.2, 0.25) is 0 Å². The maximum Gasteiger partial charge on any atom is 0.0973 e. The summed E-state index contributed by atoms with van der Waals surface area (Å²) >= 11 is 0. The maximum atomic E-state index is 6.24. The molecule has 15 heavy (non-hydrogen) atoms. The van der Waals surface area contributed by atoms with E-state index in [2.05, 4.69) is 36.4 Å². The topological polar surface area (TPSA) is 43.8 Å². The standard InChI is InChI=1S/C12H15N3/c1-2-15-8-9-4-3-5-10(11(9)14-15)12(13)6-7-12/h3-5,8H,2,6-7,13H2,1H3. The van der Waals surface area contributed by atoms with Crippen molar-refractivity contribution in [2.45, 2.75) is 31.8 Å². The first-order valence-electron chi connectivity index (χ1n) is 5.48. The monoisotopic (exact) mass is 201 g/mol. The number of nitrogens with two attached hydrogens (primary N) is 1. The maximum absolute atomic E-state index is 6.24. The van der Waals surface area contributed by atoms with Crippen LogP contribution in [0.3, 0.4) is 0 Å². The van der Waals surface area contributed by atoms with Crippen LogP contribution in [0.25, 0.3) is 10.9 Å². The number of aromatic nitrogens is 2. The number of benzene rings is 1. The smallest absolute Gasteiger partial charge is 0.0973 e. The van der Waals surface area contributed by atoms with Crippen molar-refractivity contribution in [2.24, 2.45) is 5.73 Å². The Morgan fingerprint density at radius 1 is 1.47 bits per heavy atom. The van der Waals surface area contributed by atoms with E-state index in [0.29, 0.717) is 0 Å². The lowest BCUT2D eigenvalue weighted by atomic mass is 10.0. The number of rotatable bonds is 2. The quantitative estimate of drug-likeness (QED) is 0.807. The van der Waals surface area contributed by atoms with E-state index in [1.807, 2.05) is 4.68 Å². The molecule has 3 heteroatoms. The van der Waals surface area contributed by atoms with Crippen LogP contribution in [-0.2, 0) is 12.1 Å². The van der Waals surface area contributed by atoms with Gasteiger partial charge in [-0.3, -0.25) is 4.68 Å². The molecule has 78 valence electrons. The van der Waals surface area contributed by atoms with Crippen molar-refractivity contribution in [3.05, 3.63) is 30.0 Å². The molecular weight excluding hydrogens is 186 g/mol. The highest BCUT2D eigenvalue weighted by Crippen LogP contribution is 2.44. The van der Waals surface area contributed by atoms with Crippen LogP contribution >= 0.6 is 0 Å². The van der Waals surface area contributed by atoms with E-state index in [1.165, 1.54) is 10.9 Å². The molecule has 1 fully saturated rings. The first-order valence-corrected chi connectivity index (χ1v) is 5.48. The summed E-state index contributed by atoms with van der Waals surface area (Å²) in [5.74, 6) is 0. The average Bonchev–Trinajstić information content (AvgIpc) is 2.85. The highest BCUT2D eigenvalue weighted by atomic mass is 15.3. The van der Waals surface area contributed by atoms with Crippen LogP contribution in [0.1, 0.15) is 25.3 Å². The van der Waals surface area contributed by atoms with Crippen LogP contribution in [-0.4, -0.2) is 9.78 Å². The van der Waals surface area contributed by atoms with Gasteiger partial charge >= 0.3 is 0 Å². The molecule has 3 rings (SSSR count). The second-order valence-electron chi connectivity index (χ2n) is 4.38. The normalized spacial score (nSPS) is 18.3. The minimum Gasteiger partial charge on any atom is -0.321 e. The van der Waals surface area contributed by atoms with Gasteiger partial charge in [0.25, 0.3) is 0 Å². The highest BCUT2D eigenvalue weighted by molar-refractivity contribution is 5.82. The van der Waals surface area contributed by atoms with Gasteiger partial charge in [0.05, 0.1) is 5.52 Å². The zero-order valence-corrected chi connectivity index (χ0v) is 8.90. The molecule has 2 aromatic rings. The molecule has 0 aliphatic heterocycles. The summed E-state index contributed by atoms with van der Waals surface area (Å²) < 4.78 is 1.97. The molecule has 0 spiro atoms. The van der Waals surface area contributed by atoms with E-state index in [0.717, 1.165) is 24.9 Å². The lowest BCUT2D eigenvalue weighted by Gasteiger charge is -2.08. The number of nitrogens with zero attached hydrogens (tertiary/aromatic N) is 2. The summed E-state index contributed by atoms with van der Waals surface area (Å²) in [7, 11) is 0. The minimum absolute atomic E-state index is 0.0908. The molecule has 1 aliphatic carbocycles. The fourth-order valence-electron chi connectivity index (χ4n) is 2.06. The van der Waals surface area contributed by atoms with E-state index >= 15 is 0 Å². The summed E-state index contributed by atoms with van der Waals surface area (Å²) in [5.41, 5.74) is 8.44. The zero-order valence-electron chi connectivity index (χ0n) is 8.90. The summed E-state index contributed by atoms with van der Waals surface area (Å²) in [6, 6.07) is 6.29. The summed E-state index contributed by atoms with van der Waals surface area (Å²) in [6.45, 7) is 3.01. The summed E-state index contributed by atoms with van der Waals surface area (Å²) in [5, 5.41) is 5.77. The Hall–Kier alpha value is -1.35. The van der Waals surface area contributed by atoms with E-state index < -0.39 is 0 Å². The SMILES string of the molecule is CCn1cc2cccc(C3(N)CC3)c2n1. The Morgan fingerprint density at radius 3 is 2.93 bits per heavy atom. The van der Waals surface area contributed by atoms with Crippen molar-refractivity contribution in [1.82, 2.24) is 9.78 Å². The summed E-state index contributed by atoms with van der Waals surface area (Å²) in [4.78, 5) is 0. The van der Waals surface area contributed by atoms with Gasteiger partial charge in [0.1, 0.15) is 0 Å². The van der Waals surface area contributed by atoms with Gasteiger partial charge < -0.3 is 5.73 Å². The molecule has 1 heterocycles. The van der Waals surface area contributed by atoms with E-state index in [9.17, 15) is 0 Å². The third-order valence-electron chi connectivity index (χ3n) is 3.23. The highest BCUT2D eigenvalue weighted by Gasteiger charge is 2.41. The zero-order chi connectivity index (χ0) is 10.5. The Bertz CT molecular complexity index is 509. The van der Waals surface area contributed by atoms with Crippen LogP contribution in [0.4, 0.5) is 0 Å². The fourth-order valence-corrected chi connectivity index (χ4v) is 2.06. The van der Waals surface area contributed by atoms with Crippen molar-refractivity contribution in [3.63, 3.8) is 0 Å². The van der Waals surface area contributed by atoms with Crippen LogP contribution < -0.4 is 5.73 Å². The van der Waals surface area contributed by atoms with Crippen molar-refractivity contribution < 1.29 is 0 Å². The molecule has 1 aromatic heterocycles. The average molecular weight is 201 g/mol. The van der Waals surface area contributed by atoms with Crippen molar-refractivity contribution in [1.29, 1.82) is 0 Å². The predicted octanol–water partition coefficient (Wildman–Crippen LogP) is 2.00. The molecule has 0 bridgehead atoms. The Morgan fingerprint density at radius 2 is 2.27 bits per heavy atom. The van der Waals surface area contributed by atoms with Crippen LogP contribution in [0.15, 0.2) is 24.4 Å². The Balaban J connectivity index is 2.25. The molecule has 0 saturated heterocycles. The first-order chi connectivity index (χ1) is 7.23. The van der Waals surface area contributed by atoms with Crippen molar-refractivity contribution in [2.75, 3.05) is 0 Å². The third-order valence-corrected chi connectivity index (χ3v) is 3.23. The molecule has 3 nitrogen and oxygen atoms in total. The summed E-state index contributed by atoms with van der Waals surface area (Å²) in [6.07, 6.45) is 4.26. The Labute approximate surface area is 88.9 Å². The minimum atomic E-state index is -0.0908. The van der Waals surface area contributed by atoms with E-state index in [4.69, 9.17) is 5.73 Å². The lowest BCUT2D eigenvalue weighted by molar-refractivity contribution is 0.663. The molecule has 0 radical (unpaired) electrons. The lowest BCUT2D eigenvalue weighted by Crippen LogP contribution is -2.19. The molecule has 1 aliphatic rings. The van der Waals surface area contributed by atoms with Gasteiger partial charge in [-0.15, -0.1) is 0 Å². The second kappa shape index (κ2) is 2.83. The van der Waals surface area contributed by atoms with Gasteiger partial charge in [-0.1, -0.05) is 18.2 Å².